The third-order valence-electron chi connectivity index (χ3n) is 6.32. The maximum Gasteiger partial charge on any atom is 0.495 e. The molecule has 150 valence electrons. The van der Waals surface area contributed by atoms with Crippen LogP contribution in [0.2, 0.25) is 18.1 Å². The molecule has 0 bridgehead atoms. The summed E-state index contributed by atoms with van der Waals surface area (Å²) in [6.45, 7) is 19.6. The maximum atomic E-state index is 11.1. The van der Waals surface area contributed by atoms with Gasteiger partial charge < -0.3 is 19.1 Å². The number of nitrogens with one attached hydrogen (secondary N) is 1. The van der Waals surface area contributed by atoms with E-state index in [1.807, 2.05) is 45.9 Å². The van der Waals surface area contributed by atoms with Gasteiger partial charge in [-0.1, -0.05) is 32.9 Å². The molecule has 1 saturated heterocycles. The molecule has 1 aliphatic rings. The van der Waals surface area contributed by atoms with Gasteiger partial charge in [0.1, 0.15) is 0 Å². The largest absolute Gasteiger partial charge is 0.495 e. The fraction of sp³-hybridized carbons (Fsp3) is 0.650. The highest BCUT2D eigenvalue weighted by Gasteiger charge is 2.52. The minimum absolute atomic E-state index is 0.102. The highest BCUT2D eigenvalue weighted by molar-refractivity contribution is 6.74. The third kappa shape index (κ3) is 4.48. The van der Waals surface area contributed by atoms with E-state index in [0.717, 1.165) is 16.7 Å². The molecular weight excluding hydrogens is 357 g/mol. The summed E-state index contributed by atoms with van der Waals surface area (Å²) in [6, 6.07) is 5.78. The fourth-order valence-electron chi connectivity index (χ4n) is 2.62. The van der Waals surface area contributed by atoms with Gasteiger partial charge >= 0.3 is 7.12 Å². The van der Waals surface area contributed by atoms with Crippen molar-refractivity contribution in [3.05, 3.63) is 23.8 Å². The molecule has 1 aromatic rings. The first-order valence-corrected chi connectivity index (χ1v) is 12.4. The van der Waals surface area contributed by atoms with Gasteiger partial charge in [0.05, 0.1) is 17.8 Å². The topological polar surface area (TPSA) is 56.8 Å². The molecule has 0 unspecified atom stereocenters. The maximum absolute atomic E-state index is 11.1. The Morgan fingerprint density at radius 1 is 1.15 bits per heavy atom. The molecular formula is C20H34BNO4Si. The molecule has 1 aromatic carbocycles. The average molecular weight is 391 g/mol. The van der Waals surface area contributed by atoms with Gasteiger partial charge in [-0.2, -0.15) is 0 Å². The molecule has 0 aliphatic carbocycles. The van der Waals surface area contributed by atoms with Crippen LogP contribution in [0.15, 0.2) is 18.2 Å². The summed E-state index contributed by atoms with van der Waals surface area (Å²) in [6.07, 6.45) is 0.694. The number of anilines is 1. The predicted octanol–water partition coefficient (Wildman–Crippen LogP) is 4.08. The van der Waals surface area contributed by atoms with Crippen LogP contribution in [-0.2, 0) is 25.1 Å². The second kappa shape index (κ2) is 7.35. The number of carbonyl (C=O) groups excluding carboxylic acids is 1. The van der Waals surface area contributed by atoms with Crippen molar-refractivity contribution in [2.45, 2.75) is 84.4 Å². The number of hydrogen-bond acceptors (Lipinski definition) is 4. The fourth-order valence-corrected chi connectivity index (χ4v) is 3.56. The number of amides is 1. The van der Waals surface area contributed by atoms with Crippen LogP contribution in [0.5, 0.6) is 0 Å². The summed E-state index contributed by atoms with van der Waals surface area (Å²) in [4.78, 5) is 11.1. The predicted molar refractivity (Wildman–Crippen MR) is 114 cm³/mol. The van der Waals surface area contributed by atoms with Gasteiger partial charge in [-0.15, -0.1) is 0 Å². The monoisotopic (exact) mass is 391 g/mol. The lowest BCUT2D eigenvalue weighted by Crippen LogP contribution is -2.42. The SMILES string of the molecule is CC1(C)OB(c2cccc(NC=O)c2CO[Si](C)(C)C(C)(C)C)OC1(C)C. The first kappa shape index (κ1) is 22.1. The van der Waals surface area contributed by atoms with Crippen LogP contribution in [-0.4, -0.2) is 33.0 Å². The van der Waals surface area contributed by atoms with E-state index in [9.17, 15) is 4.79 Å². The normalized spacial score (nSPS) is 19.2. The zero-order valence-corrected chi connectivity index (χ0v) is 19.2. The van der Waals surface area contributed by atoms with E-state index in [4.69, 9.17) is 13.7 Å². The third-order valence-corrected chi connectivity index (χ3v) is 10.8. The van der Waals surface area contributed by atoms with Crippen LogP contribution in [0.1, 0.15) is 54.0 Å². The molecule has 1 heterocycles. The van der Waals surface area contributed by atoms with E-state index in [2.05, 4.69) is 39.2 Å². The lowest BCUT2D eigenvalue weighted by atomic mass is 9.75. The van der Waals surface area contributed by atoms with E-state index in [1.165, 1.54) is 0 Å². The molecule has 1 amide bonds. The van der Waals surface area contributed by atoms with Gasteiger partial charge in [0.2, 0.25) is 6.41 Å². The lowest BCUT2D eigenvalue weighted by Gasteiger charge is -2.36. The van der Waals surface area contributed by atoms with Crippen molar-refractivity contribution in [3.8, 4) is 0 Å². The molecule has 1 aliphatic heterocycles. The van der Waals surface area contributed by atoms with Crippen molar-refractivity contribution in [1.29, 1.82) is 0 Å². The van der Waals surface area contributed by atoms with Crippen molar-refractivity contribution in [3.63, 3.8) is 0 Å². The van der Waals surface area contributed by atoms with Crippen LogP contribution >= 0.6 is 0 Å². The van der Waals surface area contributed by atoms with Crippen molar-refractivity contribution in [2.24, 2.45) is 0 Å². The molecule has 1 fully saturated rings. The minimum atomic E-state index is -1.95. The Morgan fingerprint density at radius 2 is 1.70 bits per heavy atom. The highest BCUT2D eigenvalue weighted by Crippen LogP contribution is 2.39. The summed E-state index contributed by atoms with van der Waals surface area (Å²) < 4.78 is 18.9. The van der Waals surface area contributed by atoms with Crippen molar-refractivity contribution in [2.75, 3.05) is 5.32 Å². The summed E-state index contributed by atoms with van der Waals surface area (Å²) >= 11 is 0. The average Bonchev–Trinajstić information content (AvgIpc) is 2.73. The molecule has 0 atom stereocenters. The van der Waals surface area contributed by atoms with Crippen LogP contribution in [0.25, 0.3) is 0 Å². The van der Waals surface area contributed by atoms with Gasteiger partial charge in [0.15, 0.2) is 8.32 Å². The molecule has 0 saturated carbocycles. The number of benzene rings is 1. The molecule has 1 N–H and O–H groups in total. The Hall–Kier alpha value is -1.15. The van der Waals surface area contributed by atoms with Crippen molar-refractivity contribution < 1.29 is 18.5 Å². The second-order valence-corrected chi connectivity index (χ2v) is 14.6. The second-order valence-electron chi connectivity index (χ2n) is 9.77. The van der Waals surface area contributed by atoms with E-state index in [0.29, 0.717) is 13.0 Å². The zero-order valence-electron chi connectivity index (χ0n) is 18.2. The van der Waals surface area contributed by atoms with Crippen LogP contribution < -0.4 is 10.8 Å². The van der Waals surface area contributed by atoms with E-state index in [1.54, 1.807) is 0 Å². The minimum Gasteiger partial charge on any atom is -0.412 e. The van der Waals surface area contributed by atoms with Gasteiger partial charge in [-0.25, -0.2) is 0 Å². The number of hydrogen-bond donors (Lipinski definition) is 1. The number of carbonyl (C=O) groups is 1. The Labute approximate surface area is 165 Å². The van der Waals surface area contributed by atoms with Gasteiger partial charge in [-0.3, -0.25) is 4.79 Å². The Kier molecular flexibility index (Phi) is 6.03. The van der Waals surface area contributed by atoms with Crippen molar-refractivity contribution >= 4 is 33.0 Å². The van der Waals surface area contributed by atoms with E-state index in [-0.39, 0.29) is 5.04 Å². The van der Waals surface area contributed by atoms with Gasteiger partial charge in [0.25, 0.3) is 0 Å². The Morgan fingerprint density at radius 3 is 2.19 bits per heavy atom. The van der Waals surface area contributed by atoms with E-state index >= 15 is 0 Å². The lowest BCUT2D eigenvalue weighted by molar-refractivity contribution is -0.105. The molecule has 0 aromatic heterocycles. The van der Waals surface area contributed by atoms with Gasteiger partial charge in [-0.05, 0) is 62.9 Å². The summed E-state index contributed by atoms with van der Waals surface area (Å²) in [5.41, 5.74) is 1.69. The summed E-state index contributed by atoms with van der Waals surface area (Å²) in [5.74, 6) is 0. The zero-order chi connectivity index (χ0) is 20.7. The quantitative estimate of drug-likeness (QED) is 0.587. The first-order valence-electron chi connectivity index (χ1n) is 9.53. The molecule has 0 radical (unpaired) electrons. The molecule has 0 spiro atoms. The standard InChI is InChI=1S/C20H34BNO4Si/c1-18(2,3)27(8,9)24-13-15-16(11-10-12-17(15)22-14-23)21-25-19(4,5)20(6,7)26-21/h10-12,14H,13H2,1-9H3,(H,22,23). The smallest absolute Gasteiger partial charge is 0.412 e. The Bertz CT molecular complexity index is 682. The molecule has 7 heteroatoms. The summed E-state index contributed by atoms with van der Waals surface area (Å²) in [7, 11) is -2.45. The molecule has 27 heavy (non-hydrogen) atoms. The van der Waals surface area contributed by atoms with Crippen LogP contribution in [0, 0.1) is 0 Å². The molecule has 2 rings (SSSR count). The van der Waals surface area contributed by atoms with Crippen LogP contribution in [0.4, 0.5) is 5.69 Å². The van der Waals surface area contributed by atoms with Crippen molar-refractivity contribution in [1.82, 2.24) is 0 Å². The van der Waals surface area contributed by atoms with E-state index < -0.39 is 26.6 Å². The van der Waals surface area contributed by atoms with Gasteiger partial charge in [0, 0.05) is 5.69 Å². The molecule has 5 nitrogen and oxygen atoms in total. The Balaban J connectivity index is 2.39. The van der Waals surface area contributed by atoms with Crippen LogP contribution in [0.3, 0.4) is 0 Å². The summed E-state index contributed by atoms with van der Waals surface area (Å²) in [5, 5.41) is 2.90. The highest BCUT2D eigenvalue weighted by atomic mass is 28.4. The number of rotatable bonds is 6. The first-order chi connectivity index (χ1) is 12.2.